The summed E-state index contributed by atoms with van der Waals surface area (Å²) < 4.78 is 29.7. The number of nitrogens with zero attached hydrogens (tertiary/aromatic N) is 3. The van der Waals surface area contributed by atoms with Gasteiger partial charge in [-0.05, 0) is 45.4 Å². The maximum absolute atomic E-state index is 12.1. The molecule has 0 atom stereocenters. The van der Waals surface area contributed by atoms with Crippen LogP contribution in [-0.2, 0) is 14.6 Å². The Labute approximate surface area is 168 Å². The van der Waals surface area contributed by atoms with Crippen molar-refractivity contribution in [2.45, 2.75) is 31.6 Å². The number of piperazine rings is 1. The van der Waals surface area contributed by atoms with Crippen LogP contribution >= 0.6 is 0 Å². The molecule has 7 nitrogen and oxygen atoms in total. The van der Waals surface area contributed by atoms with Crippen LogP contribution in [0.4, 0.5) is 5.69 Å². The zero-order valence-corrected chi connectivity index (χ0v) is 17.9. The molecule has 0 unspecified atom stereocenters. The average Bonchev–Trinajstić information content (AvgIpc) is 2.82. The molecule has 0 saturated carbocycles. The number of carbonyl (C=O) groups excluding carboxylic acids is 1. The number of unbranched alkanes of at least 4 members (excludes halogenated alkanes) is 1. The molecule has 0 aromatic heterocycles. The van der Waals surface area contributed by atoms with Crippen LogP contribution in [0, 0.1) is 0 Å². The Morgan fingerprint density at radius 3 is 2.29 bits per heavy atom. The average molecular weight is 410 g/mol. The van der Waals surface area contributed by atoms with Gasteiger partial charge in [-0.25, -0.2) is 8.42 Å². The van der Waals surface area contributed by atoms with Gasteiger partial charge in [0.2, 0.25) is 5.91 Å². The van der Waals surface area contributed by atoms with E-state index in [4.69, 9.17) is 4.74 Å². The van der Waals surface area contributed by atoms with Gasteiger partial charge in [0.1, 0.15) is 16.4 Å². The zero-order valence-electron chi connectivity index (χ0n) is 17.1. The van der Waals surface area contributed by atoms with Crippen LogP contribution in [0.5, 0.6) is 5.75 Å². The van der Waals surface area contributed by atoms with Crippen LogP contribution in [0.2, 0.25) is 0 Å². The van der Waals surface area contributed by atoms with E-state index < -0.39 is 14.7 Å². The summed E-state index contributed by atoms with van der Waals surface area (Å²) in [5.74, 6) is 0.282. The molecule has 8 heteroatoms. The Bertz CT molecular complexity index is 801. The number of hydrogen-bond acceptors (Lipinski definition) is 6. The first-order valence-corrected chi connectivity index (χ1v) is 11.5. The molecule has 28 heavy (non-hydrogen) atoms. The number of hydrogen-bond donors (Lipinski definition) is 0. The van der Waals surface area contributed by atoms with E-state index in [9.17, 15) is 13.2 Å². The molecule has 156 valence electrons. The smallest absolute Gasteiger partial charge is 0.239 e. The number of benzene rings is 1. The minimum absolute atomic E-state index is 0.268. The molecular weight excluding hydrogens is 378 g/mol. The predicted octanol–water partition coefficient (Wildman–Crippen LogP) is 1.59. The van der Waals surface area contributed by atoms with Crippen molar-refractivity contribution < 1.29 is 17.9 Å². The van der Waals surface area contributed by atoms with Gasteiger partial charge in [0.05, 0.1) is 12.8 Å². The maximum Gasteiger partial charge on any atom is 0.239 e. The van der Waals surface area contributed by atoms with E-state index in [2.05, 4.69) is 15.9 Å². The van der Waals surface area contributed by atoms with Crippen molar-refractivity contribution in [3.8, 4) is 5.75 Å². The second kappa shape index (κ2) is 8.29. The molecule has 2 fully saturated rings. The van der Waals surface area contributed by atoms with Crippen LogP contribution in [0.3, 0.4) is 0 Å². The third-order valence-electron chi connectivity index (χ3n) is 5.93. The van der Waals surface area contributed by atoms with Gasteiger partial charge >= 0.3 is 0 Å². The molecule has 0 aliphatic carbocycles. The number of anilines is 1. The largest absolute Gasteiger partial charge is 0.495 e. The topological polar surface area (TPSA) is 70.2 Å². The summed E-state index contributed by atoms with van der Waals surface area (Å²) in [6.07, 6.45) is 1.77. The van der Waals surface area contributed by atoms with Gasteiger partial charge in [0.25, 0.3) is 0 Å². The van der Waals surface area contributed by atoms with Crippen LogP contribution < -0.4 is 9.64 Å². The third-order valence-corrected chi connectivity index (χ3v) is 8.30. The van der Waals surface area contributed by atoms with Crippen LogP contribution in [0.15, 0.2) is 24.3 Å². The number of sulfone groups is 1. The highest BCUT2D eigenvalue weighted by molar-refractivity contribution is 7.93. The number of amides is 1. The van der Waals surface area contributed by atoms with Gasteiger partial charge in [0.15, 0.2) is 9.84 Å². The standard InChI is InChI=1S/C20H31N3O4S/c1-20(2)23(19(24)16-28(20,25)26)11-7-6-10-21-12-14-22(15-13-21)17-8-4-5-9-18(17)27-3/h4-5,8-9H,6-7,10-16H2,1-3H3. The lowest BCUT2D eigenvalue weighted by Gasteiger charge is -2.36. The Hall–Kier alpha value is -1.80. The number of para-hydroxylation sites is 2. The number of methoxy groups -OCH3 is 1. The predicted molar refractivity (Wildman–Crippen MR) is 110 cm³/mol. The normalized spacial score (nSPS) is 21.9. The van der Waals surface area contributed by atoms with Crippen molar-refractivity contribution in [2.24, 2.45) is 0 Å². The summed E-state index contributed by atoms with van der Waals surface area (Å²) in [7, 11) is -1.67. The summed E-state index contributed by atoms with van der Waals surface area (Å²) in [6.45, 7) is 8.61. The summed E-state index contributed by atoms with van der Waals surface area (Å²) in [5, 5.41) is 0. The molecule has 3 rings (SSSR count). The van der Waals surface area contributed by atoms with E-state index in [1.54, 1.807) is 21.0 Å². The van der Waals surface area contributed by atoms with Crippen LogP contribution in [-0.4, -0.2) is 81.1 Å². The summed E-state index contributed by atoms with van der Waals surface area (Å²) in [5.41, 5.74) is 1.14. The van der Waals surface area contributed by atoms with E-state index in [1.165, 1.54) is 4.90 Å². The maximum atomic E-state index is 12.1. The van der Waals surface area contributed by atoms with E-state index in [1.807, 2.05) is 18.2 Å². The SMILES string of the molecule is COc1ccccc1N1CCN(CCCCN2C(=O)CS(=O)(=O)C2(C)C)CC1. The lowest BCUT2D eigenvalue weighted by Crippen LogP contribution is -2.47. The quantitative estimate of drug-likeness (QED) is 0.637. The zero-order chi connectivity index (χ0) is 20.4. The molecule has 0 radical (unpaired) electrons. The molecule has 1 aromatic rings. The molecule has 2 aliphatic heterocycles. The molecule has 0 N–H and O–H groups in total. The minimum atomic E-state index is -3.37. The van der Waals surface area contributed by atoms with Crippen molar-refractivity contribution in [1.82, 2.24) is 9.80 Å². The highest BCUT2D eigenvalue weighted by atomic mass is 32.2. The highest BCUT2D eigenvalue weighted by Gasteiger charge is 2.50. The van der Waals surface area contributed by atoms with Crippen LogP contribution in [0.1, 0.15) is 26.7 Å². The Morgan fingerprint density at radius 1 is 1.04 bits per heavy atom. The first-order valence-electron chi connectivity index (χ1n) is 9.89. The molecule has 0 bridgehead atoms. The van der Waals surface area contributed by atoms with Crippen molar-refractivity contribution in [2.75, 3.05) is 57.0 Å². The first kappa shape index (κ1) is 20.9. The van der Waals surface area contributed by atoms with Gasteiger partial charge in [-0.2, -0.15) is 0 Å². The summed E-state index contributed by atoms with van der Waals surface area (Å²) >= 11 is 0. The fourth-order valence-electron chi connectivity index (χ4n) is 3.99. The third kappa shape index (κ3) is 4.12. The van der Waals surface area contributed by atoms with E-state index in [-0.39, 0.29) is 11.7 Å². The Morgan fingerprint density at radius 2 is 1.68 bits per heavy atom. The molecule has 2 heterocycles. The lowest BCUT2D eigenvalue weighted by atomic mass is 10.2. The monoisotopic (exact) mass is 409 g/mol. The van der Waals surface area contributed by atoms with Gasteiger partial charge in [-0.1, -0.05) is 12.1 Å². The van der Waals surface area contributed by atoms with Gasteiger partial charge in [-0.3, -0.25) is 9.69 Å². The van der Waals surface area contributed by atoms with Gasteiger partial charge in [0, 0.05) is 32.7 Å². The second-order valence-corrected chi connectivity index (χ2v) is 10.5. The minimum Gasteiger partial charge on any atom is -0.495 e. The molecule has 2 aliphatic rings. The number of carbonyl (C=O) groups is 1. The molecular formula is C20H31N3O4S. The molecule has 1 amide bonds. The summed E-state index contributed by atoms with van der Waals surface area (Å²) in [4.78, 5) is 17.3. The second-order valence-electron chi connectivity index (χ2n) is 7.96. The Balaban J connectivity index is 1.42. The highest BCUT2D eigenvalue weighted by Crippen LogP contribution is 2.30. The molecule has 0 spiro atoms. The molecule has 1 aromatic carbocycles. The van der Waals surface area contributed by atoms with Gasteiger partial charge < -0.3 is 14.5 Å². The summed E-state index contributed by atoms with van der Waals surface area (Å²) in [6, 6.07) is 8.10. The molecule has 2 saturated heterocycles. The lowest BCUT2D eigenvalue weighted by molar-refractivity contribution is -0.129. The number of ether oxygens (including phenoxy) is 1. The van der Waals surface area contributed by atoms with Crippen molar-refractivity contribution in [3.63, 3.8) is 0 Å². The van der Waals surface area contributed by atoms with Crippen molar-refractivity contribution >= 4 is 21.4 Å². The van der Waals surface area contributed by atoms with E-state index >= 15 is 0 Å². The van der Waals surface area contributed by atoms with Crippen molar-refractivity contribution in [1.29, 1.82) is 0 Å². The van der Waals surface area contributed by atoms with Crippen molar-refractivity contribution in [3.05, 3.63) is 24.3 Å². The van der Waals surface area contributed by atoms with E-state index in [0.717, 1.165) is 57.0 Å². The first-order chi connectivity index (χ1) is 13.3. The van der Waals surface area contributed by atoms with E-state index in [0.29, 0.717) is 6.54 Å². The number of rotatable bonds is 7. The van der Waals surface area contributed by atoms with Crippen LogP contribution in [0.25, 0.3) is 0 Å². The fourth-order valence-corrected chi connectivity index (χ4v) is 5.35. The fraction of sp³-hybridized carbons (Fsp3) is 0.650. The van der Waals surface area contributed by atoms with Gasteiger partial charge in [-0.15, -0.1) is 0 Å². The Kier molecular flexibility index (Phi) is 6.19.